The highest BCUT2D eigenvalue weighted by Crippen LogP contribution is 1.95. The van der Waals surface area contributed by atoms with Crippen molar-refractivity contribution >= 4 is 23.0 Å². The molecule has 13 heavy (non-hydrogen) atoms. The molecule has 2 N–H and O–H groups in total. The summed E-state index contributed by atoms with van der Waals surface area (Å²) in [6.45, 7) is 2.19. The van der Waals surface area contributed by atoms with Crippen LogP contribution in [0.3, 0.4) is 0 Å². The monoisotopic (exact) mass is 221 g/mol. The van der Waals surface area contributed by atoms with Gasteiger partial charge in [0.1, 0.15) is 0 Å². The van der Waals surface area contributed by atoms with E-state index < -0.39 is 10.8 Å². The summed E-state index contributed by atoms with van der Waals surface area (Å²) in [5, 5.41) is 4.80. The van der Waals surface area contributed by atoms with Crippen LogP contribution in [0, 0.1) is 4.77 Å². The van der Waals surface area contributed by atoms with Crippen LogP contribution in [0.15, 0.2) is 4.79 Å². The van der Waals surface area contributed by atoms with Crippen molar-refractivity contribution < 1.29 is 4.21 Å². The lowest BCUT2D eigenvalue weighted by Gasteiger charge is -2.06. The van der Waals surface area contributed by atoms with E-state index >= 15 is 0 Å². The molecular formula is C6H11N3O2S2. The van der Waals surface area contributed by atoms with Gasteiger partial charge in [-0.05, 0) is 19.1 Å². The van der Waals surface area contributed by atoms with Crippen LogP contribution in [0.2, 0.25) is 0 Å². The first-order valence-corrected chi connectivity index (χ1v) is 5.75. The molecule has 0 aliphatic heterocycles. The van der Waals surface area contributed by atoms with Crippen LogP contribution in [0.5, 0.6) is 0 Å². The molecule has 2 unspecified atom stereocenters. The Bertz CT molecular complexity index is 389. The van der Waals surface area contributed by atoms with Gasteiger partial charge in [0.05, 0.1) is 0 Å². The molecule has 0 aliphatic carbocycles. The van der Waals surface area contributed by atoms with Crippen molar-refractivity contribution in [3.63, 3.8) is 0 Å². The molecule has 0 radical (unpaired) electrons. The maximum Gasteiger partial charge on any atom is 0.342 e. The zero-order valence-corrected chi connectivity index (χ0v) is 9.00. The van der Waals surface area contributed by atoms with Gasteiger partial charge in [-0.3, -0.25) is 13.9 Å². The third-order valence-electron chi connectivity index (χ3n) is 1.77. The first-order chi connectivity index (χ1) is 6.02. The largest absolute Gasteiger partial charge is 0.342 e. The van der Waals surface area contributed by atoms with Gasteiger partial charge in [0.15, 0.2) is 4.77 Å². The molecule has 0 aliphatic rings. The number of aromatic nitrogens is 3. The van der Waals surface area contributed by atoms with Gasteiger partial charge in [0, 0.05) is 28.9 Å². The third-order valence-corrected chi connectivity index (χ3v) is 3.38. The average Bonchev–Trinajstić information content (AvgIpc) is 2.35. The van der Waals surface area contributed by atoms with E-state index in [-0.39, 0.29) is 10.9 Å². The van der Waals surface area contributed by atoms with Gasteiger partial charge in [-0.15, -0.1) is 0 Å². The number of H-pyrrole nitrogens is 2. The SMILES string of the molecule is CC(Cn1c(=O)[nH][nH]c1=S)S(C)=O. The van der Waals surface area contributed by atoms with Gasteiger partial charge in [-0.2, -0.15) is 0 Å². The van der Waals surface area contributed by atoms with Crippen LogP contribution in [0.25, 0.3) is 0 Å². The van der Waals surface area contributed by atoms with Gasteiger partial charge in [-0.25, -0.2) is 9.89 Å². The van der Waals surface area contributed by atoms with Crippen molar-refractivity contribution in [2.45, 2.75) is 18.7 Å². The molecule has 1 rings (SSSR count). The van der Waals surface area contributed by atoms with Crippen molar-refractivity contribution in [1.82, 2.24) is 14.8 Å². The Morgan fingerprint density at radius 3 is 2.62 bits per heavy atom. The van der Waals surface area contributed by atoms with E-state index in [1.54, 1.807) is 6.26 Å². The summed E-state index contributed by atoms with van der Waals surface area (Å²) in [7, 11) is -0.945. The summed E-state index contributed by atoms with van der Waals surface area (Å²) >= 11 is 4.85. The van der Waals surface area contributed by atoms with Gasteiger partial charge in [-0.1, -0.05) is 0 Å². The zero-order chi connectivity index (χ0) is 10.0. The van der Waals surface area contributed by atoms with Gasteiger partial charge >= 0.3 is 5.69 Å². The lowest BCUT2D eigenvalue weighted by atomic mass is 10.5. The molecule has 0 bridgehead atoms. The standard InChI is InChI=1S/C6H11N3O2S2/c1-4(13(2)11)3-9-5(10)7-8-6(9)12/h4H,3H2,1-2H3,(H,7,10)(H,8,12). The molecular weight excluding hydrogens is 210 g/mol. The molecule has 0 saturated heterocycles. The molecule has 0 aromatic carbocycles. The first-order valence-electron chi connectivity index (χ1n) is 3.72. The van der Waals surface area contributed by atoms with Crippen molar-refractivity contribution in [2.75, 3.05) is 6.26 Å². The van der Waals surface area contributed by atoms with Crippen molar-refractivity contribution in [2.24, 2.45) is 0 Å². The topological polar surface area (TPSA) is 70.7 Å². The van der Waals surface area contributed by atoms with Gasteiger partial charge in [0.2, 0.25) is 0 Å². The molecule has 1 heterocycles. The van der Waals surface area contributed by atoms with Crippen LogP contribution >= 0.6 is 12.2 Å². The highest BCUT2D eigenvalue weighted by Gasteiger charge is 2.09. The number of nitrogens with zero attached hydrogens (tertiary/aromatic N) is 1. The van der Waals surface area contributed by atoms with Crippen LogP contribution < -0.4 is 5.69 Å². The van der Waals surface area contributed by atoms with Gasteiger partial charge in [0.25, 0.3) is 0 Å². The second-order valence-corrected chi connectivity index (χ2v) is 4.97. The number of rotatable bonds is 3. The molecule has 5 nitrogen and oxygen atoms in total. The zero-order valence-electron chi connectivity index (χ0n) is 7.36. The summed E-state index contributed by atoms with van der Waals surface area (Å²) in [4.78, 5) is 11.1. The van der Waals surface area contributed by atoms with Crippen LogP contribution in [-0.2, 0) is 17.3 Å². The minimum atomic E-state index is -0.945. The average molecular weight is 221 g/mol. The predicted molar refractivity (Wildman–Crippen MR) is 53.8 cm³/mol. The Hall–Kier alpha value is -0.690. The maximum absolute atomic E-state index is 11.1. The second-order valence-electron chi connectivity index (χ2n) is 2.78. The Morgan fingerprint density at radius 2 is 2.23 bits per heavy atom. The van der Waals surface area contributed by atoms with Crippen LogP contribution in [0.4, 0.5) is 0 Å². The second kappa shape index (κ2) is 4.01. The van der Waals surface area contributed by atoms with Crippen molar-refractivity contribution in [3.05, 3.63) is 15.3 Å². The summed E-state index contributed by atoms with van der Waals surface area (Å²) in [5.74, 6) is 0. The number of hydrogen-bond donors (Lipinski definition) is 2. The molecule has 1 aromatic heterocycles. The van der Waals surface area contributed by atoms with E-state index in [0.717, 1.165) is 0 Å². The van der Waals surface area contributed by atoms with Crippen molar-refractivity contribution in [3.8, 4) is 0 Å². The molecule has 2 atom stereocenters. The summed E-state index contributed by atoms with van der Waals surface area (Å²) in [5.41, 5.74) is -0.290. The summed E-state index contributed by atoms with van der Waals surface area (Å²) in [6.07, 6.45) is 1.61. The van der Waals surface area contributed by atoms with E-state index in [9.17, 15) is 9.00 Å². The molecule has 0 saturated carbocycles. The highest BCUT2D eigenvalue weighted by molar-refractivity contribution is 7.84. The highest BCUT2D eigenvalue weighted by atomic mass is 32.2. The smallest absolute Gasteiger partial charge is 0.272 e. The number of hydrogen-bond acceptors (Lipinski definition) is 3. The quantitative estimate of drug-likeness (QED) is 0.706. The van der Waals surface area contributed by atoms with Crippen LogP contribution in [0.1, 0.15) is 6.92 Å². The van der Waals surface area contributed by atoms with E-state index in [2.05, 4.69) is 10.2 Å². The Balaban J connectivity index is 2.92. The molecule has 0 fully saturated rings. The first kappa shape index (κ1) is 10.4. The van der Waals surface area contributed by atoms with E-state index in [0.29, 0.717) is 11.3 Å². The Labute approximate surface area is 82.6 Å². The van der Waals surface area contributed by atoms with Gasteiger partial charge < -0.3 is 0 Å². The lowest BCUT2D eigenvalue weighted by molar-refractivity contribution is 0.627. The fourth-order valence-corrected chi connectivity index (χ4v) is 1.43. The molecule has 1 aromatic rings. The maximum atomic E-state index is 11.1. The Morgan fingerprint density at radius 1 is 1.62 bits per heavy atom. The fraction of sp³-hybridized carbons (Fsp3) is 0.667. The molecule has 0 spiro atoms. The lowest BCUT2D eigenvalue weighted by Crippen LogP contribution is -2.25. The minimum absolute atomic E-state index is 0.0800. The fourth-order valence-electron chi connectivity index (χ4n) is 0.862. The molecule has 74 valence electrons. The molecule has 7 heteroatoms. The summed E-state index contributed by atoms with van der Waals surface area (Å²) in [6, 6.07) is 0. The summed E-state index contributed by atoms with van der Waals surface area (Å²) < 4.78 is 12.7. The van der Waals surface area contributed by atoms with Crippen molar-refractivity contribution in [1.29, 1.82) is 0 Å². The third kappa shape index (κ3) is 2.38. The number of nitrogens with one attached hydrogen (secondary N) is 2. The molecule has 0 amide bonds. The van der Waals surface area contributed by atoms with Crippen LogP contribution in [-0.4, -0.2) is 30.5 Å². The minimum Gasteiger partial charge on any atom is -0.272 e. The predicted octanol–water partition coefficient (Wildman–Crippen LogP) is 0.000990. The normalized spacial score (nSPS) is 15.5. The Kier molecular flexibility index (Phi) is 3.21. The van der Waals surface area contributed by atoms with E-state index in [4.69, 9.17) is 12.2 Å². The van der Waals surface area contributed by atoms with E-state index in [1.807, 2.05) is 6.92 Å². The van der Waals surface area contributed by atoms with E-state index in [1.165, 1.54) is 4.57 Å². The number of aromatic amines is 2.